The number of H-pyrrole nitrogens is 1. The molecular formula is C24H31IN8O. The van der Waals surface area contributed by atoms with Crippen molar-refractivity contribution in [2.45, 2.75) is 39.5 Å². The number of amides is 1. The number of aromatic nitrogens is 4. The first-order valence-corrected chi connectivity index (χ1v) is 12.5. The number of carbonyl (C=O) groups is 1. The number of halogens is 1. The highest BCUT2D eigenvalue weighted by Gasteiger charge is 2.24. The lowest BCUT2D eigenvalue weighted by Gasteiger charge is -2.33. The summed E-state index contributed by atoms with van der Waals surface area (Å²) in [6, 6.07) is 6.37. The number of benzene rings is 1. The lowest BCUT2D eigenvalue weighted by molar-refractivity contribution is -0.122. The largest absolute Gasteiger partial charge is 0.358 e. The fourth-order valence-corrected chi connectivity index (χ4v) is 4.78. The fourth-order valence-electron chi connectivity index (χ4n) is 4.39. The van der Waals surface area contributed by atoms with Crippen LogP contribution < -0.4 is 16.0 Å². The van der Waals surface area contributed by atoms with E-state index in [4.69, 9.17) is 0 Å². The molecule has 3 heterocycles. The fraction of sp³-hybridized carbons (Fsp3) is 0.417. The van der Waals surface area contributed by atoms with Crippen molar-refractivity contribution < 1.29 is 4.79 Å². The van der Waals surface area contributed by atoms with Gasteiger partial charge in [-0.15, -0.1) is 0 Å². The van der Waals surface area contributed by atoms with E-state index in [1.165, 1.54) is 11.1 Å². The molecule has 0 radical (unpaired) electrons. The van der Waals surface area contributed by atoms with E-state index in [-0.39, 0.29) is 5.91 Å². The first-order chi connectivity index (χ1) is 16.3. The highest BCUT2D eigenvalue weighted by molar-refractivity contribution is 14.1. The molecule has 4 N–H and O–H groups in total. The molecule has 1 aromatic carbocycles. The maximum Gasteiger partial charge on any atom is 0.233 e. The summed E-state index contributed by atoms with van der Waals surface area (Å²) in [5, 5.41) is 16.5. The van der Waals surface area contributed by atoms with E-state index in [9.17, 15) is 4.79 Å². The molecule has 0 spiro atoms. The van der Waals surface area contributed by atoms with Crippen LogP contribution in [0.2, 0.25) is 0 Å². The third-order valence-corrected chi connectivity index (χ3v) is 6.94. The topological polar surface area (TPSA) is 111 Å². The zero-order valence-electron chi connectivity index (χ0n) is 20.0. The minimum atomic E-state index is 0.0712. The minimum absolute atomic E-state index is 0.0712. The van der Waals surface area contributed by atoms with E-state index in [1.54, 1.807) is 13.2 Å². The summed E-state index contributed by atoms with van der Waals surface area (Å²) < 4.78 is 0.908. The summed E-state index contributed by atoms with van der Waals surface area (Å²) in [5.41, 5.74) is 5.69. The second-order valence-electron chi connectivity index (χ2n) is 8.85. The number of anilines is 4. The zero-order chi connectivity index (χ0) is 24.2. The number of aromatic amines is 1. The predicted molar refractivity (Wildman–Crippen MR) is 143 cm³/mol. The maximum absolute atomic E-state index is 11.8. The lowest BCUT2D eigenvalue weighted by atomic mass is 9.86. The Kier molecular flexibility index (Phi) is 7.67. The van der Waals surface area contributed by atoms with Crippen molar-refractivity contribution in [1.29, 1.82) is 0 Å². The number of nitrogens with one attached hydrogen (secondary N) is 4. The van der Waals surface area contributed by atoms with Gasteiger partial charge in [0.05, 0.1) is 10.1 Å². The summed E-state index contributed by atoms with van der Waals surface area (Å²) >= 11 is 2.21. The van der Waals surface area contributed by atoms with Gasteiger partial charge in [0, 0.05) is 37.2 Å². The van der Waals surface area contributed by atoms with Crippen molar-refractivity contribution in [2.75, 3.05) is 37.3 Å². The van der Waals surface area contributed by atoms with Crippen molar-refractivity contribution >= 4 is 51.8 Å². The van der Waals surface area contributed by atoms with Crippen LogP contribution in [0.25, 0.3) is 0 Å². The Hall–Kier alpha value is -2.73. The van der Waals surface area contributed by atoms with E-state index in [1.807, 2.05) is 13.0 Å². The third kappa shape index (κ3) is 5.84. The SMILES string of the molecule is CNC(=O)CN1CCC[C@@H](c2cc(C)c(Nc3ncc(I)c(Nc4cc(C)[nH]n4)n3)cc2C)C1. The molecule has 1 saturated heterocycles. The molecule has 0 saturated carbocycles. The molecule has 34 heavy (non-hydrogen) atoms. The highest BCUT2D eigenvalue weighted by Crippen LogP contribution is 2.33. The molecule has 180 valence electrons. The number of likely N-dealkylation sites (tertiary alicyclic amines) is 1. The molecule has 2 aromatic heterocycles. The van der Waals surface area contributed by atoms with Crippen LogP contribution in [0.5, 0.6) is 0 Å². The highest BCUT2D eigenvalue weighted by atomic mass is 127. The lowest BCUT2D eigenvalue weighted by Crippen LogP contribution is -2.41. The minimum Gasteiger partial charge on any atom is -0.358 e. The molecule has 1 aliphatic rings. The van der Waals surface area contributed by atoms with Crippen molar-refractivity contribution in [2.24, 2.45) is 0 Å². The molecule has 1 atom stereocenters. The van der Waals surface area contributed by atoms with Crippen molar-refractivity contribution in [1.82, 2.24) is 30.4 Å². The summed E-state index contributed by atoms with van der Waals surface area (Å²) in [4.78, 5) is 23.2. The van der Waals surface area contributed by atoms with E-state index in [0.29, 0.717) is 24.2 Å². The monoisotopic (exact) mass is 574 g/mol. The van der Waals surface area contributed by atoms with E-state index < -0.39 is 0 Å². The van der Waals surface area contributed by atoms with Crippen LogP contribution >= 0.6 is 22.6 Å². The van der Waals surface area contributed by atoms with Crippen molar-refractivity contribution in [3.8, 4) is 0 Å². The Balaban J connectivity index is 1.50. The molecular weight excluding hydrogens is 543 g/mol. The Labute approximate surface area is 213 Å². The van der Waals surface area contributed by atoms with E-state index >= 15 is 0 Å². The second kappa shape index (κ2) is 10.7. The maximum atomic E-state index is 11.8. The number of rotatable bonds is 7. The van der Waals surface area contributed by atoms with Crippen LogP contribution in [0.15, 0.2) is 24.4 Å². The normalized spacial score (nSPS) is 16.3. The molecule has 0 bridgehead atoms. The standard InChI is InChI=1S/C24H31IN8O/c1-14-9-20(15(2)8-18(14)17-6-5-7-33(12-17)13-22(34)26-4)28-24-27-11-19(25)23(30-24)29-21-10-16(3)31-32-21/h8-11,17H,5-7,12-13H2,1-4H3,(H,26,34)(H3,27,28,29,30,31,32)/t17-/m1/s1. The molecule has 10 heteroatoms. The van der Waals surface area contributed by atoms with Crippen LogP contribution in [-0.2, 0) is 4.79 Å². The summed E-state index contributed by atoms with van der Waals surface area (Å²) in [6.45, 7) is 8.55. The van der Waals surface area contributed by atoms with Crippen LogP contribution in [0.4, 0.5) is 23.3 Å². The van der Waals surface area contributed by atoms with Crippen molar-refractivity contribution in [3.63, 3.8) is 0 Å². The molecule has 0 unspecified atom stereocenters. The average molecular weight is 574 g/mol. The van der Waals surface area contributed by atoms with Gasteiger partial charge in [-0.2, -0.15) is 10.1 Å². The van der Waals surface area contributed by atoms with Gasteiger partial charge < -0.3 is 16.0 Å². The first-order valence-electron chi connectivity index (χ1n) is 11.4. The van der Waals surface area contributed by atoms with Gasteiger partial charge in [-0.25, -0.2) is 4.98 Å². The molecule has 1 aliphatic heterocycles. The van der Waals surface area contributed by atoms with Gasteiger partial charge in [-0.3, -0.25) is 14.8 Å². The molecule has 1 fully saturated rings. The van der Waals surface area contributed by atoms with Crippen LogP contribution in [0.1, 0.15) is 41.1 Å². The molecule has 0 aliphatic carbocycles. The van der Waals surface area contributed by atoms with Gasteiger partial charge in [0.2, 0.25) is 11.9 Å². The quantitative estimate of drug-likeness (QED) is 0.314. The summed E-state index contributed by atoms with van der Waals surface area (Å²) in [6.07, 6.45) is 4.03. The molecule has 3 aromatic rings. The van der Waals surface area contributed by atoms with Crippen LogP contribution in [0.3, 0.4) is 0 Å². The molecule has 1 amide bonds. The van der Waals surface area contributed by atoms with Gasteiger partial charge in [0.25, 0.3) is 0 Å². The Bertz CT molecular complexity index is 1180. The molecule has 9 nitrogen and oxygen atoms in total. The van der Waals surface area contributed by atoms with E-state index in [2.05, 4.69) is 89.6 Å². The number of piperidine rings is 1. The zero-order valence-corrected chi connectivity index (χ0v) is 22.2. The number of hydrogen-bond acceptors (Lipinski definition) is 7. The number of hydrogen-bond donors (Lipinski definition) is 4. The second-order valence-corrected chi connectivity index (χ2v) is 10.0. The van der Waals surface area contributed by atoms with Crippen molar-refractivity contribution in [3.05, 3.63) is 50.4 Å². The predicted octanol–water partition coefficient (Wildman–Crippen LogP) is 4.14. The van der Waals surface area contributed by atoms with Gasteiger partial charge in [0.15, 0.2) is 11.6 Å². The van der Waals surface area contributed by atoms with Gasteiger partial charge in [-0.05, 0) is 91.4 Å². The van der Waals surface area contributed by atoms with Crippen LogP contribution in [0, 0.1) is 24.3 Å². The van der Waals surface area contributed by atoms with Gasteiger partial charge in [0.1, 0.15) is 0 Å². The number of carbonyl (C=O) groups excluding carboxylic acids is 1. The Morgan fingerprint density at radius 3 is 2.76 bits per heavy atom. The summed E-state index contributed by atoms with van der Waals surface area (Å²) in [5.74, 6) is 2.44. The number of likely N-dealkylation sites (N-methyl/N-ethyl adjacent to an activating group) is 1. The number of nitrogens with zero attached hydrogens (tertiary/aromatic N) is 4. The number of aryl methyl sites for hydroxylation is 3. The third-order valence-electron chi connectivity index (χ3n) is 6.15. The molecule has 4 rings (SSSR count). The van der Waals surface area contributed by atoms with E-state index in [0.717, 1.165) is 52.3 Å². The Morgan fingerprint density at radius 1 is 1.21 bits per heavy atom. The smallest absolute Gasteiger partial charge is 0.233 e. The first kappa shape index (κ1) is 24.4. The van der Waals surface area contributed by atoms with Gasteiger partial charge >= 0.3 is 0 Å². The Morgan fingerprint density at radius 2 is 2.03 bits per heavy atom. The summed E-state index contributed by atoms with van der Waals surface area (Å²) in [7, 11) is 1.69. The van der Waals surface area contributed by atoms with Gasteiger partial charge in [-0.1, -0.05) is 6.07 Å². The average Bonchev–Trinajstić information content (AvgIpc) is 3.22. The van der Waals surface area contributed by atoms with Crippen LogP contribution in [-0.4, -0.2) is 57.7 Å².